The number of aryl methyl sites for hydroxylation is 2. The van der Waals surface area contributed by atoms with Crippen molar-refractivity contribution in [3.05, 3.63) is 23.3 Å². The Morgan fingerprint density at radius 1 is 1.30 bits per heavy atom. The average Bonchev–Trinajstić information content (AvgIpc) is 3.42. The summed E-state index contributed by atoms with van der Waals surface area (Å²) in [5, 5.41) is 11.3. The van der Waals surface area contributed by atoms with E-state index in [1.807, 2.05) is 0 Å². The number of hydrogen-bond acceptors (Lipinski definition) is 7. The first-order valence-electron chi connectivity index (χ1n) is 9.60. The van der Waals surface area contributed by atoms with Gasteiger partial charge < -0.3 is 9.42 Å². The molecule has 2 aromatic heterocycles. The highest BCUT2D eigenvalue weighted by molar-refractivity contribution is 7.89. The molecule has 4 heterocycles. The predicted octanol–water partition coefficient (Wildman–Crippen LogP) is 1.22. The second-order valence-electron chi connectivity index (χ2n) is 7.74. The first-order valence-corrected chi connectivity index (χ1v) is 11.0. The molecule has 164 valence electrons. The topological polar surface area (TPSA) is 114 Å². The molecule has 2 aliphatic heterocycles. The van der Waals surface area contributed by atoms with Crippen molar-refractivity contribution in [2.75, 3.05) is 19.6 Å². The summed E-state index contributed by atoms with van der Waals surface area (Å²) in [6.45, 7) is 3.05. The Labute approximate surface area is 171 Å². The predicted molar refractivity (Wildman–Crippen MR) is 98.4 cm³/mol. The summed E-state index contributed by atoms with van der Waals surface area (Å²) in [4.78, 5) is 13.9. The molecule has 0 N–H and O–H groups in total. The smallest absolute Gasteiger partial charge is 0.276 e. The number of amides is 1. The van der Waals surface area contributed by atoms with Gasteiger partial charge in [0.1, 0.15) is 10.6 Å². The molecule has 1 atom stereocenters. The molecule has 1 amide bonds. The van der Waals surface area contributed by atoms with Crippen LogP contribution in [0.15, 0.2) is 15.6 Å². The Morgan fingerprint density at radius 2 is 2.00 bits per heavy atom. The van der Waals surface area contributed by atoms with Crippen LogP contribution in [0.1, 0.15) is 41.2 Å². The zero-order valence-corrected chi connectivity index (χ0v) is 17.4. The number of rotatable bonds is 5. The van der Waals surface area contributed by atoms with Gasteiger partial charge in [-0.1, -0.05) is 10.4 Å². The van der Waals surface area contributed by atoms with E-state index in [1.165, 1.54) is 24.7 Å². The molecule has 10 nitrogen and oxygen atoms in total. The minimum atomic E-state index is -4.26. The van der Waals surface area contributed by atoms with Crippen LogP contribution in [0.2, 0.25) is 0 Å². The quantitative estimate of drug-likeness (QED) is 0.681. The Hall–Kier alpha value is -2.41. The minimum absolute atomic E-state index is 0.0423. The number of likely N-dealkylation sites (tertiary alicyclic amines) is 1. The minimum Gasteiger partial charge on any atom is -0.360 e. The normalized spacial score (nSPS) is 22.1. The zero-order valence-electron chi connectivity index (χ0n) is 16.6. The summed E-state index contributed by atoms with van der Waals surface area (Å²) in [6, 6.07) is -1.06. The molecule has 2 aliphatic rings. The van der Waals surface area contributed by atoms with Crippen LogP contribution in [0, 0.1) is 13.8 Å². The van der Waals surface area contributed by atoms with Crippen molar-refractivity contribution in [1.29, 1.82) is 0 Å². The first kappa shape index (κ1) is 20.8. The molecule has 0 bridgehead atoms. The molecular formula is C17H22F2N6O4S. The second kappa shape index (κ2) is 7.38. The van der Waals surface area contributed by atoms with Crippen molar-refractivity contribution >= 4 is 15.9 Å². The maximum atomic E-state index is 14.2. The molecule has 0 aromatic carbocycles. The third-order valence-electron chi connectivity index (χ3n) is 5.41. The van der Waals surface area contributed by atoms with Crippen molar-refractivity contribution in [3.8, 4) is 0 Å². The molecule has 0 radical (unpaired) electrons. The molecular weight excluding hydrogens is 422 g/mol. The number of alkyl halides is 2. The van der Waals surface area contributed by atoms with Crippen molar-refractivity contribution < 1.29 is 26.5 Å². The highest BCUT2D eigenvalue weighted by Crippen LogP contribution is 2.37. The van der Waals surface area contributed by atoms with Crippen LogP contribution in [0.4, 0.5) is 8.78 Å². The number of nitrogens with zero attached hydrogens (tertiary/aromatic N) is 6. The van der Waals surface area contributed by atoms with Crippen molar-refractivity contribution in [1.82, 2.24) is 29.4 Å². The van der Waals surface area contributed by atoms with Crippen molar-refractivity contribution in [3.63, 3.8) is 0 Å². The molecule has 0 spiro atoms. The van der Waals surface area contributed by atoms with Gasteiger partial charge in [0.15, 0.2) is 11.5 Å². The van der Waals surface area contributed by atoms with E-state index >= 15 is 0 Å². The lowest BCUT2D eigenvalue weighted by Gasteiger charge is -2.22. The van der Waals surface area contributed by atoms with E-state index in [0.717, 1.165) is 17.1 Å². The van der Waals surface area contributed by atoms with E-state index in [9.17, 15) is 22.0 Å². The second-order valence-corrected chi connectivity index (χ2v) is 9.57. The fourth-order valence-corrected chi connectivity index (χ4v) is 5.99. The molecule has 0 saturated carbocycles. The summed E-state index contributed by atoms with van der Waals surface area (Å²) in [5.74, 6) is -3.41. The number of sulfonamides is 1. The number of carbonyl (C=O) groups is 1. The molecule has 4 rings (SSSR count). The largest absolute Gasteiger partial charge is 0.360 e. The van der Waals surface area contributed by atoms with Gasteiger partial charge in [0.2, 0.25) is 10.0 Å². The fourth-order valence-electron chi connectivity index (χ4n) is 4.05. The van der Waals surface area contributed by atoms with Crippen LogP contribution >= 0.6 is 0 Å². The number of aromatic nitrogens is 4. The lowest BCUT2D eigenvalue weighted by atomic mass is 10.2. The van der Waals surface area contributed by atoms with E-state index in [0.29, 0.717) is 13.1 Å². The number of hydrogen-bond donors (Lipinski definition) is 0. The Kier molecular flexibility index (Phi) is 5.12. The monoisotopic (exact) mass is 444 g/mol. The molecule has 2 aromatic rings. The summed E-state index contributed by atoms with van der Waals surface area (Å²) < 4.78 is 61.5. The Bertz CT molecular complexity index is 1040. The van der Waals surface area contributed by atoms with Crippen LogP contribution in [0.5, 0.6) is 0 Å². The highest BCUT2D eigenvalue weighted by atomic mass is 32.2. The van der Waals surface area contributed by atoms with Crippen LogP contribution in [-0.4, -0.2) is 75.3 Å². The van der Waals surface area contributed by atoms with E-state index in [1.54, 1.807) is 4.90 Å². The van der Waals surface area contributed by atoms with Gasteiger partial charge in [-0.05, 0) is 26.7 Å². The van der Waals surface area contributed by atoms with Crippen molar-refractivity contribution in [2.45, 2.75) is 56.5 Å². The summed E-state index contributed by atoms with van der Waals surface area (Å²) in [7, 11) is -4.26. The van der Waals surface area contributed by atoms with Crippen molar-refractivity contribution in [2.24, 2.45) is 0 Å². The molecule has 2 fully saturated rings. The van der Waals surface area contributed by atoms with Crippen LogP contribution in [-0.2, 0) is 16.6 Å². The third-order valence-corrected chi connectivity index (χ3v) is 7.56. The van der Waals surface area contributed by atoms with E-state index < -0.39 is 35.0 Å². The summed E-state index contributed by atoms with van der Waals surface area (Å²) in [5.41, 5.74) is 0.225. The van der Waals surface area contributed by atoms with Gasteiger partial charge >= 0.3 is 0 Å². The third kappa shape index (κ3) is 3.71. The highest BCUT2D eigenvalue weighted by Gasteiger charge is 2.51. The van der Waals surface area contributed by atoms with Crippen LogP contribution in [0.3, 0.4) is 0 Å². The fraction of sp³-hybridized carbons (Fsp3) is 0.647. The van der Waals surface area contributed by atoms with Crippen LogP contribution in [0.25, 0.3) is 0 Å². The number of halogens is 2. The lowest BCUT2D eigenvalue weighted by molar-refractivity contribution is 0.0168. The van der Waals surface area contributed by atoms with Gasteiger partial charge in [0.25, 0.3) is 11.8 Å². The number of carbonyl (C=O) groups excluding carboxylic acids is 1. The SMILES string of the molecule is Cc1noc(C)c1S(=O)(=O)N1CC(F)(F)C[C@H]1Cn1cc(C(=O)N2CCCC2)nn1. The van der Waals surface area contributed by atoms with Crippen LogP contribution < -0.4 is 0 Å². The van der Waals surface area contributed by atoms with Gasteiger partial charge in [-0.2, -0.15) is 4.31 Å². The zero-order chi connectivity index (χ0) is 21.7. The summed E-state index contributed by atoms with van der Waals surface area (Å²) >= 11 is 0. The van der Waals surface area contributed by atoms with Gasteiger partial charge in [-0.15, -0.1) is 5.10 Å². The lowest BCUT2D eigenvalue weighted by Crippen LogP contribution is -2.39. The standard InChI is InChI=1S/C17H22F2N6O4S/c1-11-15(12(2)29-21-11)30(27,28)25-10-17(18,19)7-13(25)8-24-9-14(20-22-24)16(26)23-5-3-4-6-23/h9,13H,3-8,10H2,1-2H3/t13-/m0/s1. The van der Waals surface area contributed by atoms with Gasteiger partial charge in [-0.3, -0.25) is 9.48 Å². The molecule has 0 aliphatic carbocycles. The van der Waals surface area contributed by atoms with Gasteiger partial charge in [0, 0.05) is 19.5 Å². The summed E-state index contributed by atoms with van der Waals surface area (Å²) in [6.07, 6.45) is 2.56. The molecule has 2 saturated heterocycles. The Morgan fingerprint density at radius 3 is 2.63 bits per heavy atom. The van der Waals surface area contributed by atoms with Gasteiger partial charge in [0.05, 0.1) is 25.3 Å². The maximum Gasteiger partial charge on any atom is 0.276 e. The van der Waals surface area contributed by atoms with E-state index in [2.05, 4.69) is 15.5 Å². The first-order chi connectivity index (χ1) is 14.1. The molecule has 30 heavy (non-hydrogen) atoms. The van der Waals surface area contributed by atoms with E-state index in [4.69, 9.17) is 4.52 Å². The molecule has 0 unspecified atom stereocenters. The Balaban J connectivity index is 1.58. The maximum absolute atomic E-state index is 14.2. The van der Waals surface area contributed by atoms with E-state index in [-0.39, 0.29) is 34.5 Å². The molecule has 13 heteroatoms. The van der Waals surface area contributed by atoms with Gasteiger partial charge in [-0.25, -0.2) is 17.2 Å². The average molecular weight is 444 g/mol.